The van der Waals surface area contributed by atoms with Crippen molar-refractivity contribution >= 4 is 5.91 Å². The summed E-state index contributed by atoms with van der Waals surface area (Å²) < 4.78 is 10.7. The maximum atomic E-state index is 12.1. The molecule has 1 N–H and O–H groups in total. The zero-order chi connectivity index (χ0) is 16.9. The van der Waals surface area contributed by atoms with E-state index in [1.54, 1.807) is 13.0 Å². The lowest BCUT2D eigenvalue weighted by Crippen LogP contribution is -2.39. The molecule has 0 bridgehead atoms. The molecule has 0 radical (unpaired) electrons. The molecular weight excluding hydrogens is 310 g/mol. The molecule has 0 aromatic carbocycles. The lowest BCUT2D eigenvalue weighted by molar-refractivity contribution is 0.0881. The molecule has 8 heteroatoms. The van der Waals surface area contributed by atoms with Crippen molar-refractivity contribution in [1.82, 2.24) is 20.4 Å². The highest BCUT2D eigenvalue weighted by molar-refractivity contribution is 5.92. The lowest BCUT2D eigenvalue weighted by atomic mass is 9.93. The number of rotatable bonds is 4. The van der Waals surface area contributed by atoms with E-state index in [0.29, 0.717) is 11.5 Å². The summed E-state index contributed by atoms with van der Waals surface area (Å²) in [5.41, 5.74) is 0.485. The van der Waals surface area contributed by atoms with Gasteiger partial charge in [0.15, 0.2) is 5.69 Å². The van der Waals surface area contributed by atoms with Crippen LogP contribution in [0, 0.1) is 18.3 Å². The minimum Gasteiger partial charge on any atom is -0.472 e. The molecule has 124 valence electrons. The van der Waals surface area contributed by atoms with E-state index in [0.717, 1.165) is 25.7 Å². The van der Waals surface area contributed by atoms with E-state index < -0.39 is 0 Å². The molecular formula is C16H17N5O3. The topological polar surface area (TPSA) is 114 Å². The third kappa shape index (κ3) is 3.68. The molecule has 2 aromatic heterocycles. The number of nitrogens with one attached hydrogen (secondary N) is 1. The Hall–Kier alpha value is -2.95. The minimum absolute atomic E-state index is 0.0313. The minimum atomic E-state index is -0.225. The number of amides is 1. The highest BCUT2D eigenvalue weighted by Crippen LogP contribution is 2.24. The number of hydrogen-bond acceptors (Lipinski definition) is 7. The number of aromatic nitrogens is 3. The molecule has 3 rings (SSSR count). The van der Waals surface area contributed by atoms with Crippen molar-refractivity contribution in [3.63, 3.8) is 0 Å². The quantitative estimate of drug-likeness (QED) is 0.910. The SMILES string of the molecule is Cc1cc(C(=O)NC2CCC(Oc3nccnc3C#N)CC2)no1. The first-order valence-electron chi connectivity index (χ1n) is 7.77. The normalized spacial score (nSPS) is 20.2. The predicted octanol–water partition coefficient (Wildman–Crippen LogP) is 1.76. The summed E-state index contributed by atoms with van der Waals surface area (Å²) in [4.78, 5) is 20.1. The van der Waals surface area contributed by atoms with Crippen LogP contribution < -0.4 is 10.1 Å². The molecule has 1 aliphatic rings. The van der Waals surface area contributed by atoms with Crippen molar-refractivity contribution in [2.24, 2.45) is 0 Å². The van der Waals surface area contributed by atoms with Gasteiger partial charge in [-0.25, -0.2) is 9.97 Å². The van der Waals surface area contributed by atoms with Gasteiger partial charge >= 0.3 is 0 Å². The van der Waals surface area contributed by atoms with Crippen LogP contribution in [0.3, 0.4) is 0 Å². The van der Waals surface area contributed by atoms with Crippen LogP contribution in [0.5, 0.6) is 5.88 Å². The average Bonchev–Trinajstić information content (AvgIpc) is 3.04. The Kier molecular flexibility index (Phi) is 4.70. The predicted molar refractivity (Wildman–Crippen MR) is 82.1 cm³/mol. The zero-order valence-electron chi connectivity index (χ0n) is 13.2. The number of hydrogen-bond donors (Lipinski definition) is 1. The summed E-state index contributed by atoms with van der Waals surface area (Å²) in [6, 6.07) is 3.66. The first-order valence-corrected chi connectivity index (χ1v) is 7.77. The van der Waals surface area contributed by atoms with Crippen molar-refractivity contribution in [2.45, 2.75) is 44.8 Å². The number of nitriles is 1. The Morgan fingerprint density at radius 1 is 1.33 bits per heavy atom. The van der Waals surface area contributed by atoms with Crippen molar-refractivity contribution in [3.05, 3.63) is 35.6 Å². The summed E-state index contributed by atoms with van der Waals surface area (Å²) in [5.74, 6) is 0.650. The van der Waals surface area contributed by atoms with E-state index >= 15 is 0 Å². The van der Waals surface area contributed by atoms with Crippen molar-refractivity contribution < 1.29 is 14.1 Å². The molecule has 0 unspecified atom stereocenters. The van der Waals surface area contributed by atoms with Gasteiger partial charge in [0.25, 0.3) is 11.8 Å². The molecule has 2 aromatic rings. The number of aryl methyl sites for hydroxylation is 1. The highest BCUT2D eigenvalue weighted by Gasteiger charge is 2.25. The van der Waals surface area contributed by atoms with E-state index in [9.17, 15) is 4.79 Å². The number of nitrogens with zero attached hydrogens (tertiary/aromatic N) is 4. The standard InChI is InChI=1S/C16H17N5O3/c1-10-8-13(21-24-10)15(22)20-11-2-4-12(5-3-11)23-16-14(9-17)18-6-7-19-16/h6-8,11-12H,2-5H2,1H3,(H,20,22). The molecule has 1 fully saturated rings. The first kappa shape index (κ1) is 15.9. The summed E-state index contributed by atoms with van der Waals surface area (Å²) in [6.07, 6.45) is 6.04. The smallest absolute Gasteiger partial charge is 0.273 e. The van der Waals surface area contributed by atoms with Crippen LogP contribution in [-0.4, -0.2) is 33.2 Å². The molecule has 0 spiro atoms. The van der Waals surface area contributed by atoms with E-state index in [1.165, 1.54) is 12.4 Å². The van der Waals surface area contributed by atoms with Gasteiger partial charge < -0.3 is 14.6 Å². The van der Waals surface area contributed by atoms with E-state index in [1.807, 2.05) is 6.07 Å². The number of carbonyl (C=O) groups excluding carboxylic acids is 1. The van der Waals surface area contributed by atoms with Gasteiger partial charge in [0.1, 0.15) is 17.9 Å². The van der Waals surface area contributed by atoms with Gasteiger partial charge in [-0.05, 0) is 32.6 Å². The Balaban J connectivity index is 1.51. The fourth-order valence-corrected chi connectivity index (χ4v) is 2.70. The van der Waals surface area contributed by atoms with Crippen LogP contribution >= 0.6 is 0 Å². The molecule has 24 heavy (non-hydrogen) atoms. The molecule has 1 aliphatic carbocycles. The van der Waals surface area contributed by atoms with Crippen LogP contribution in [0.1, 0.15) is 47.6 Å². The summed E-state index contributed by atoms with van der Waals surface area (Å²) in [7, 11) is 0. The maximum Gasteiger partial charge on any atom is 0.273 e. The largest absolute Gasteiger partial charge is 0.472 e. The van der Waals surface area contributed by atoms with Crippen LogP contribution in [-0.2, 0) is 0 Å². The second-order valence-electron chi connectivity index (χ2n) is 5.71. The second kappa shape index (κ2) is 7.08. The van der Waals surface area contributed by atoms with Gasteiger partial charge in [-0.15, -0.1) is 0 Å². The summed E-state index contributed by atoms with van der Waals surface area (Å²) >= 11 is 0. The summed E-state index contributed by atoms with van der Waals surface area (Å²) in [6.45, 7) is 1.74. The van der Waals surface area contributed by atoms with E-state index in [2.05, 4.69) is 20.4 Å². The van der Waals surface area contributed by atoms with Crippen LogP contribution in [0.25, 0.3) is 0 Å². The zero-order valence-corrected chi connectivity index (χ0v) is 13.2. The van der Waals surface area contributed by atoms with Gasteiger partial charge in [-0.2, -0.15) is 5.26 Å². The molecule has 1 amide bonds. The number of ether oxygens (including phenoxy) is 1. The van der Waals surface area contributed by atoms with Crippen molar-refractivity contribution in [2.75, 3.05) is 0 Å². The third-order valence-electron chi connectivity index (χ3n) is 3.92. The monoisotopic (exact) mass is 327 g/mol. The van der Waals surface area contributed by atoms with Crippen LogP contribution in [0.4, 0.5) is 0 Å². The third-order valence-corrected chi connectivity index (χ3v) is 3.92. The molecule has 0 atom stereocenters. The van der Waals surface area contributed by atoms with Gasteiger partial charge in [0.05, 0.1) is 0 Å². The number of carbonyl (C=O) groups is 1. The highest BCUT2D eigenvalue weighted by atomic mass is 16.5. The Labute approximate surface area is 138 Å². The van der Waals surface area contributed by atoms with Crippen molar-refractivity contribution in [3.8, 4) is 11.9 Å². The maximum absolute atomic E-state index is 12.1. The molecule has 8 nitrogen and oxygen atoms in total. The van der Waals surface area contributed by atoms with Gasteiger partial charge in [0, 0.05) is 24.5 Å². The summed E-state index contributed by atoms with van der Waals surface area (Å²) in [5, 5.41) is 15.7. The van der Waals surface area contributed by atoms with Gasteiger partial charge in [0.2, 0.25) is 5.69 Å². The van der Waals surface area contributed by atoms with E-state index in [4.69, 9.17) is 14.5 Å². The Morgan fingerprint density at radius 3 is 2.75 bits per heavy atom. The van der Waals surface area contributed by atoms with Crippen molar-refractivity contribution in [1.29, 1.82) is 5.26 Å². The Morgan fingerprint density at radius 2 is 2.08 bits per heavy atom. The van der Waals surface area contributed by atoms with Crippen LogP contribution in [0.15, 0.2) is 23.0 Å². The fourth-order valence-electron chi connectivity index (χ4n) is 2.70. The first-order chi connectivity index (χ1) is 11.7. The van der Waals surface area contributed by atoms with Gasteiger partial charge in [-0.1, -0.05) is 5.16 Å². The van der Waals surface area contributed by atoms with E-state index in [-0.39, 0.29) is 29.6 Å². The molecule has 0 aliphatic heterocycles. The second-order valence-corrected chi connectivity index (χ2v) is 5.71. The lowest BCUT2D eigenvalue weighted by Gasteiger charge is -2.29. The average molecular weight is 327 g/mol. The molecule has 2 heterocycles. The molecule has 1 saturated carbocycles. The van der Waals surface area contributed by atoms with Gasteiger partial charge in [-0.3, -0.25) is 4.79 Å². The Bertz CT molecular complexity index is 759. The fraction of sp³-hybridized carbons (Fsp3) is 0.438. The molecule has 0 saturated heterocycles. The van der Waals surface area contributed by atoms with Crippen LogP contribution in [0.2, 0.25) is 0 Å².